The van der Waals surface area contributed by atoms with Gasteiger partial charge in [-0.05, 0) is 40.0 Å². The molecule has 0 spiro atoms. The van der Waals surface area contributed by atoms with Crippen LogP contribution in [0.5, 0.6) is 11.8 Å². The summed E-state index contributed by atoms with van der Waals surface area (Å²) in [4.78, 5) is 12.0. The van der Waals surface area contributed by atoms with Crippen molar-refractivity contribution in [2.45, 2.75) is 13.3 Å². The normalized spacial score (nSPS) is 10.5. The Bertz CT molecular complexity index is 657. The third kappa shape index (κ3) is 4.57. The molecule has 0 aliphatic carbocycles. The van der Waals surface area contributed by atoms with Gasteiger partial charge < -0.3 is 10.1 Å². The SMILES string of the molecule is CCCNc1nc(Cl)nc(Oc2cc(Cl)c(Br)cc2Cl)n1. The largest absolute Gasteiger partial charge is 0.422 e. The van der Waals surface area contributed by atoms with E-state index in [1.807, 2.05) is 6.92 Å². The van der Waals surface area contributed by atoms with Crippen LogP contribution in [-0.4, -0.2) is 21.5 Å². The topological polar surface area (TPSA) is 59.9 Å². The smallest absolute Gasteiger partial charge is 0.328 e. The Morgan fingerprint density at radius 1 is 1.14 bits per heavy atom. The van der Waals surface area contributed by atoms with E-state index >= 15 is 0 Å². The zero-order chi connectivity index (χ0) is 15.4. The predicted molar refractivity (Wildman–Crippen MR) is 87.9 cm³/mol. The van der Waals surface area contributed by atoms with Crippen molar-refractivity contribution in [3.05, 3.63) is 31.9 Å². The molecule has 1 aromatic heterocycles. The molecule has 1 N–H and O–H groups in total. The lowest BCUT2D eigenvalue weighted by Crippen LogP contribution is -2.06. The summed E-state index contributed by atoms with van der Waals surface area (Å²) in [5, 5.41) is 3.85. The van der Waals surface area contributed by atoms with Gasteiger partial charge in [-0.15, -0.1) is 0 Å². The van der Waals surface area contributed by atoms with Gasteiger partial charge in [-0.3, -0.25) is 0 Å². The molecule has 0 aliphatic rings. The Morgan fingerprint density at radius 2 is 1.90 bits per heavy atom. The number of hydrogen-bond donors (Lipinski definition) is 1. The summed E-state index contributed by atoms with van der Waals surface area (Å²) in [6.07, 6.45) is 0.924. The van der Waals surface area contributed by atoms with Gasteiger partial charge in [0.15, 0.2) is 5.75 Å². The van der Waals surface area contributed by atoms with Crippen molar-refractivity contribution in [3.63, 3.8) is 0 Å². The van der Waals surface area contributed by atoms with Gasteiger partial charge in [-0.25, -0.2) is 0 Å². The fourth-order valence-corrected chi connectivity index (χ4v) is 2.36. The molecule has 1 aromatic carbocycles. The highest BCUT2D eigenvalue weighted by atomic mass is 79.9. The van der Waals surface area contributed by atoms with Crippen LogP contribution in [0, 0.1) is 0 Å². The maximum absolute atomic E-state index is 6.08. The van der Waals surface area contributed by atoms with Crippen LogP contribution in [-0.2, 0) is 0 Å². The number of nitrogens with one attached hydrogen (secondary N) is 1. The quantitative estimate of drug-likeness (QED) is 0.683. The van der Waals surface area contributed by atoms with Gasteiger partial charge in [0.1, 0.15) is 0 Å². The van der Waals surface area contributed by atoms with Gasteiger partial charge in [0, 0.05) is 17.1 Å². The van der Waals surface area contributed by atoms with Crippen LogP contribution in [0.3, 0.4) is 0 Å². The molecule has 0 radical (unpaired) electrons. The van der Waals surface area contributed by atoms with E-state index in [9.17, 15) is 0 Å². The Kier molecular flexibility index (Phi) is 5.87. The standard InChI is InChI=1S/C12H10BrCl3N4O/c1-2-3-17-11-18-10(16)19-12(20-11)21-9-5-7(14)6(13)4-8(9)15/h4-5H,2-3H2,1H3,(H,17,18,19,20). The fraction of sp³-hybridized carbons (Fsp3) is 0.250. The minimum atomic E-state index is 0.0259. The van der Waals surface area contributed by atoms with Gasteiger partial charge in [0.25, 0.3) is 0 Å². The Hall–Kier alpha value is -0.820. The summed E-state index contributed by atoms with van der Waals surface area (Å²) in [6.45, 7) is 2.74. The number of hydrogen-bond acceptors (Lipinski definition) is 5. The van der Waals surface area contributed by atoms with E-state index in [1.54, 1.807) is 12.1 Å². The third-order valence-electron chi connectivity index (χ3n) is 2.30. The molecule has 9 heteroatoms. The second kappa shape index (κ2) is 7.45. The highest BCUT2D eigenvalue weighted by Gasteiger charge is 2.11. The Morgan fingerprint density at radius 3 is 2.62 bits per heavy atom. The second-order valence-electron chi connectivity index (χ2n) is 3.94. The number of aromatic nitrogens is 3. The van der Waals surface area contributed by atoms with Crippen molar-refractivity contribution in [2.75, 3.05) is 11.9 Å². The second-order valence-corrected chi connectivity index (χ2v) is 5.94. The van der Waals surface area contributed by atoms with E-state index in [2.05, 4.69) is 36.2 Å². The zero-order valence-electron chi connectivity index (χ0n) is 10.8. The van der Waals surface area contributed by atoms with E-state index < -0.39 is 0 Å². The molecule has 0 atom stereocenters. The molecule has 1 heterocycles. The molecule has 5 nitrogen and oxygen atoms in total. The lowest BCUT2D eigenvalue weighted by molar-refractivity contribution is 0.440. The van der Waals surface area contributed by atoms with Crippen molar-refractivity contribution in [1.29, 1.82) is 0 Å². The molecule has 0 saturated heterocycles. The first kappa shape index (κ1) is 16.5. The number of halogens is 4. The molecule has 0 bridgehead atoms. The van der Waals surface area contributed by atoms with Gasteiger partial charge in [0.05, 0.1) is 10.0 Å². The maximum atomic E-state index is 6.08. The molecule has 0 saturated carbocycles. The molecule has 112 valence electrons. The minimum Gasteiger partial charge on any atom is -0.422 e. The molecule has 0 aliphatic heterocycles. The van der Waals surface area contributed by atoms with Crippen LogP contribution in [0.25, 0.3) is 0 Å². The molecule has 0 unspecified atom stereocenters. The first-order valence-electron chi connectivity index (χ1n) is 5.97. The van der Waals surface area contributed by atoms with Crippen molar-refractivity contribution < 1.29 is 4.74 Å². The number of rotatable bonds is 5. The number of anilines is 1. The van der Waals surface area contributed by atoms with Gasteiger partial charge in [-0.2, -0.15) is 15.0 Å². The highest BCUT2D eigenvalue weighted by molar-refractivity contribution is 9.10. The summed E-state index contributed by atoms with van der Waals surface area (Å²) in [5.74, 6) is 0.666. The van der Waals surface area contributed by atoms with Crippen LogP contribution in [0.4, 0.5) is 5.95 Å². The van der Waals surface area contributed by atoms with E-state index in [4.69, 9.17) is 39.5 Å². The van der Waals surface area contributed by atoms with Gasteiger partial charge >= 0.3 is 6.01 Å². The zero-order valence-corrected chi connectivity index (χ0v) is 14.7. The predicted octanol–water partition coefficient (Wildman–Crippen LogP) is 5.21. The molecule has 2 rings (SSSR count). The van der Waals surface area contributed by atoms with E-state index in [0.29, 0.717) is 32.8 Å². The molecular formula is C12H10BrCl3N4O. The first-order chi connectivity index (χ1) is 9.99. The Labute approximate surface area is 145 Å². The number of ether oxygens (including phenoxy) is 1. The average molecular weight is 413 g/mol. The van der Waals surface area contributed by atoms with Crippen LogP contribution >= 0.6 is 50.7 Å². The summed E-state index contributed by atoms with van der Waals surface area (Å²) >= 11 is 21.2. The lowest BCUT2D eigenvalue weighted by atomic mass is 10.3. The van der Waals surface area contributed by atoms with Crippen LogP contribution in [0.1, 0.15) is 13.3 Å². The average Bonchev–Trinajstić information content (AvgIpc) is 2.42. The molecule has 0 amide bonds. The summed E-state index contributed by atoms with van der Waals surface area (Å²) in [7, 11) is 0. The van der Waals surface area contributed by atoms with Crippen molar-refractivity contribution in [1.82, 2.24) is 15.0 Å². The molecule has 21 heavy (non-hydrogen) atoms. The minimum absolute atomic E-state index is 0.0259. The third-order valence-corrected chi connectivity index (χ3v) is 3.96. The summed E-state index contributed by atoms with van der Waals surface area (Å²) in [6, 6.07) is 3.22. The monoisotopic (exact) mass is 410 g/mol. The van der Waals surface area contributed by atoms with Crippen LogP contribution < -0.4 is 10.1 Å². The van der Waals surface area contributed by atoms with Crippen molar-refractivity contribution >= 4 is 56.7 Å². The number of benzene rings is 1. The molecular weight excluding hydrogens is 402 g/mol. The first-order valence-corrected chi connectivity index (χ1v) is 7.90. The molecule has 0 fully saturated rings. The van der Waals surface area contributed by atoms with Crippen LogP contribution in [0.2, 0.25) is 15.3 Å². The highest BCUT2D eigenvalue weighted by Crippen LogP contribution is 2.35. The van der Waals surface area contributed by atoms with Crippen molar-refractivity contribution in [2.24, 2.45) is 0 Å². The van der Waals surface area contributed by atoms with E-state index in [-0.39, 0.29) is 11.3 Å². The van der Waals surface area contributed by atoms with Gasteiger partial charge in [-0.1, -0.05) is 30.1 Å². The van der Waals surface area contributed by atoms with Gasteiger partial charge in [0.2, 0.25) is 11.2 Å². The van der Waals surface area contributed by atoms with Crippen LogP contribution in [0.15, 0.2) is 16.6 Å². The van der Waals surface area contributed by atoms with E-state index in [1.165, 1.54) is 0 Å². The summed E-state index contributed by atoms with van der Waals surface area (Å²) < 4.78 is 6.19. The maximum Gasteiger partial charge on any atom is 0.328 e. The van der Waals surface area contributed by atoms with Crippen molar-refractivity contribution in [3.8, 4) is 11.8 Å². The summed E-state index contributed by atoms with van der Waals surface area (Å²) in [5.41, 5.74) is 0. The van der Waals surface area contributed by atoms with E-state index in [0.717, 1.165) is 6.42 Å². The number of nitrogens with zero attached hydrogens (tertiary/aromatic N) is 3. The molecule has 2 aromatic rings. The Balaban J connectivity index is 2.27. The lowest BCUT2D eigenvalue weighted by Gasteiger charge is -2.09. The fourth-order valence-electron chi connectivity index (χ4n) is 1.37.